The van der Waals surface area contributed by atoms with Crippen LogP contribution >= 0.6 is 0 Å². The van der Waals surface area contributed by atoms with Crippen LogP contribution in [0.25, 0.3) is 0 Å². The number of likely N-dealkylation sites (tertiary alicyclic amines) is 1. The highest BCUT2D eigenvalue weighted by atomic mass is 16.5. The van der Waals surface area contributed by atoms with Gasteiger partial charge < -0.3 is 14.7 Å². The quantitative estimate of drug-likeness (QED) is 0.821. The number of carboxylic acid groups (broad SMARTS) is 1. The molecule has 2 aliphatic rings. The van der Waals surface area contributed by atoms with Crippen molar-refractivity contribution >= 4 is 11.9 Å². The van der Waals surface area contributed by atoms with Gasteiger partial charge in [-0.15, -0.1) is 0 Å². The number of carbonyl (C=O) groups is 2. The minimum absolute atomic E-state index is 0.0364. The number of hydrogen-bond acceptors (Lipinski definition) is 3. The first-order valence-corrected chi connectivity index (χ1v) is 7.09. The molecule has 1 aliphatic heterocycles. The van der Waals surface area contributed by atoms with Gasteiger partial charge in [0, 0.05) is 20.1 Å². The molecule has 1 aliphatic carbocycles. The average molecular weight is 269 g/mol. The van der Waals surface area contributed by atoms with Crippen LogP contribution in [0.3, 0.4) is 0 Å². The largest absolute Gasteiger partial charge is 0.480 e. The molecule has 0 radical (unpaired) electrons. The molecule has 108 valence electrons. The third-order valence-electron chi connectivity index (χ3n) is 4.63. The van der Waals surface area contributed by atoms with Gasteiger partial charge in [0.2, 0.25) is 5.91 Å². The van der Waals surface area contributed by atoms with Gasteiger partial charge in [0.05, 0.1) is 6.10 Å². The van der Waals surface area contributed by atoms with Crippen LogP contribution in [0.1, 0.15) is 39.0 Å². The second-order valence-corrected chi connectivity index (χ2v) is 5.77. The Morgan fingerprint density at radius 2 is 2.16 bits per heavy atom. The fourth-order valence-corrected chi connectivity index (χ4v) is 3.47. The van der Waals surface area contributed by atoms with Gasteiger partial charge in [-0.1, -0.05) is 6.42 Å². The van der Waals surface area contributed by atoms with Crippen LogP contribution < -0.4 is 0 Å². The lowest BCUT2D eigenvalue weighted by atomic mass is 9.94. The van der Waals surface area contributed by atoms with Crippen LogP contribution in [0.2, 0.25) is 0 Å². The molecule has 0 bridgehead atoms. The van der Waals surface area contributed by atoms with E-state index in [1.807, 2.05) is 6.92 Å². The van der Waals surface area contributed by atoms with Gasteiger partial charge in [-0.25, -0.2) is 4.79 Å². The highest BCUT2D eigenvalue weighted by Gasteiger charge is 2.49. The lowest BCUT2D eigenvalue weighted by Gasteiger charge is -2.24. The van der Waals surface area contributed by atoms with E-state index < -0.39 is 12.0 Å². The van der Waals surface area contributed by atoms with Gasteiger partial charge in [-0.05, 0) is 38.0 Å². The minimum Gasteiger partial charge on any atom is -0.480 e. The number of methoxy groups -OCH3 is 1. The van der Waals surface area contributed by atoms with Crippen LogP contribution in [0.5, 0.6) is 0 Å². The van der Waals surface area contributed by atoms with Gasteiger partial charge in [0.25, 0.3) is 0 Å². The molecule has 5 nitrogen and oxygen atoms in total. The van der Waals surface area contributed by atoms with E-state index in [9.17, 15) is 14.7 Å². The number of nitrogens with zero attached hydrogens (tertiary/aromatic N) is 1. The van der Waals surface area contributed by atoms with Gasteiger partial charge in [-0.2, -0.15) is 0 Å². The summed E-state index contributed by atoms with van der Waals surface area (Å²) in [7, 11) is 1.62. The first kappa shape index (κ1) is 14.3. The number of rotatable bonds is 5. The van der Waals surface area contributed by atoms with Crippen LogP contribution in [0.4, 0.5) is 0 Å². The molecule has 4 unspecified atom stereocenters. The number of fused-ring (bicyclic) bond motifs is 1. The van der Waals surface area contributed by atoms with Crippen molar-refractivity contribution in [3.05, 3.63) is 0 Å². The standard InChI is InChI=1S/C14H23NO4/c1-9(19-2)6-7-12(16)15-8-10-4-3-5-11(10)13(15)14(17)18/h9-11,13H,3-8H2,1-2H3,(H,17,18). The SMILES string of the molecule is COC(C)CCC(=O)N1CC2CCCC2C1C(=O)O. The third-order valence-corrected chi connectivity index (χ3v) is 4.63. The number of amides is 1. The number of aliphatic carboxylic acids is 1. The van der Waals surface area contributed by atoms with Crippen LogP contribution in [-0.4, -0.2) is 47.7 Å². The summed E-state index contributed by atoms with van der Waals surface area (Å²) in [6.07, 6.45) is 4.16. The van der Waals surface area contributed by atoms with Crippen LogP contribution in [0.15, 0.2) is 0 Å². The maximum Gasteiger partial charge on any atom is 0.326 e. The molecular weight excluding hydrogens is 246 g/mol. The predicted molar refractivity (Wildman–Crippen MR) is 69.7 cm³/mol. The predicted octanol–water partition coefficient (Wildman–Crippen LogP) is 1.51. The number of carbonyl (C=O) groups excluding carboxylic acids is 1. The second kappa shape index (κ2) is 5.90. The van der Waals surface area contributed by atoms with Gasteiger partial charge in [-0.3, -0.25) is 4.79 Å². The summed E-state index contributed by atoms with van der Waals surface area (Å²) in [6, 6.07) is -0.599. The lowest BCUT2D eigenvalue weighted by Crippen LogP contribution is -2.43. The van der Waals surface area contributed by atoms with E-state index in [0.717, 1.165) is 19.3 Å². The third kappa shape index (κ3) is 2.91. The molecule has 1 saturated heterocycles. The second-order valence-electron chi connectivity index (χ2n) is 5.77. The minimum atomic E-state index is -0.845. The van der Waals surface area contributed by atoms with Crippen molar-refractivity contribution in [1.82, 2.24) is 4.90 Å². The highest BCUT2D eigenvalue weighted by Crippen LogP contribution is 2.42. The fourth-order valence-electron chi connectivity index (χ4n) is 3.47. The summed E-state index contributed by atoms with van der Waals surface area (Å²) in [4.78, 5) is 25.2. The maximum absolute atomic E-state index is 12.2. The van der Waals surface area contributed by atoms with Crippen LogP contribution in [-0.2, 0) is 14.3 Å². The molecule has 1 amide bonds. The number of ether oxygens (including phenoxy) is 1. The molecule has 0 aromatic rings. The smallest absolute Gasteiger partial charge is 0.326 e. The van der Waals surface area contributed by atoms with E-state index in [-0.39, 0.29) is 17.9 Å². The van der Waals surface area contributed by atoms with E-state index in [1.54, 1.807) is 12.0 Å². The molecule has 5 heteroatoms. The van der Waals surface area contributed by atoms with E-state index in [1.165, 1.54) is 0 Å². The Morgan fingerprint density at radius 3 is 2.79 bits per heavy atom. The molecule has 0 spiro atoms. The maximum atomic E-state index is 12.2. The molecular formula is C14H23NO4. The van der Waals surface area contributed by atoms with Crippen molar-refractivity contribution in [2.24, 2.45) is 11.8 Å². The Kier molecular flexibility index (Phi) is 4.45. The van der Waals surface area contributed by atoms with Crippen molar-refractivity contribution < 1.29 is 19.4 Å². The summed E-state index contributed by atoms with van der Waals surface area (Å²) >= 11 is 0. The first-order chi connectivity index (χ1) is 9.04. The topological polar surface area (TPSA) is 66.8 Å². The van der Waals surface area contributed by atoms with Crippen molar-refractivity contribution in [2.45, 2.75) is 51.2 Å². The van der Waals surface area contributed by atoms with Crippen molar-refractivity contribution in [3.8, 4) is 0 Å². The highest BCUT2D eigenvalue weighted by molar-refractivity contribution is 5.84. The van der Waals surface area contributed by atoms with E-state index >= 15 is 0 Å². The Bertz CT molecular complexity index is 357. The molecule has 4 atom stereocenters. The molecule has 1 heterocycles. The average Bonchev–Trinajstić information content (AvgIpc) is 2.94. The molecule has 2 fully saturated rings. The van der Waals surface area contributed by atoms with E-state index in [2.05, 4.69) is 0 Å². The van der Waals surface area contributed by atoms with E-state index in [0.29, 0.717) is 25.3 Å². The normalized spacial score (nSPS) is 31.3. The van der Waals surface area contributed by atoms with Gasteiger partial charge >= 0.3 is 5.97 Å². The van der Waals surface area contributed by atoms with Crippen molar-refractivity contribution in [3.63, 3.8) is 0 Å². The molecule has 2 rings (SSSR count). The Hall–Kier alpha value is -1.10. The summed E-state index contributed by atoms with van der Waals surface area (Å²) < 4.78 is 5.13. The summed E-state index contributed by atoms with van der Waals surface area (Å²) in [5, 5.41) is 9.38. The molecule has 0 aromatic carbocycles. The molecule has 0 aromatic heterocycles. The zero-order chi connectivity index (χ0) is 14.0. The van der Waals surface area contributed by atoms with Gasteiger partial charge in [0.1, 0.15) is 6.04 Å². The lowest BCUT2D eigenvalue weighted by molar-refractivity contribution is -0.149. The van der Waals surface area contributed by atoms with Crippen molar-refractivity contribution in [2.75, 3.05) is 13.7 Å². The summed E-state index contributed by atoms with van der Waals surface area (Å²) in [6.45, 7) is 2.54. The van der Waals surface area contributed by atoms with Crippen molar-refractivity contribution in [1.29, 1.82) is 0 Å². The Balaban J connectivity index is 1.98. The van der Waals surface area contributed by atoms with Crippen LogP contribution in [0, 0.1) is 11.8 Å². The molecule has 19 heavy (non-hydrogen) atoms. The Morgan fingerprint density at radius 1 is 1.42 bits per heavy atom. The molecule has 1 N–H and O–H groups in total. The van der Waals surface area contributed by atoms with Gasteiger partial charge in [0.15, 0.2) is 0 Å². The van der Waals surface area contributed by atoms with E-state index in [4.69, 9.17) is 4.74 Å². The zero-order valence-corrected chi connectivity index (χ0v) is 11.7. The molecule has 1 saturated carbocycles. The summed E-state index contributed by atoms with van der Waals surface area (Å²) in [5.41, 5.74) is 0. The zero-order valence-electron chi connectivity index (χ0n) is 11.7. The monoisotopic (exact) mass is 269 g/mol. The Labute approximate surface area is 113 Å². The first-order valence-electron chi connectivity index (χ1n) is 7.09. The fraction of sp³-hybridized carbons (Fsp3) is 0.857. The summed E-state index contributed by atoms with van der Waals surface area (Å²) in [5.74, 6) is -0.320. The number of carboxylic acids is 1. The number of hydrogen-bond donors (Lipinski definition) is 1.